The third kappa shape index (κ3) is 3.90. The molecule has 0 saturated carbocycles. The van der Waals surface area contributed by atoms with Crippen molar-refractivity contribution in [3.8, 4) is 0 Å². The van der Waals surface area contributed by atoms with E-state index in [4.69, 9.17) is 0 Å². The second-order valence-electron chi connectivity index (χ2n) is 7.28. The number of rotatable bonds is 3. The fraction of sp³-hybridized carbons (Fsp3) is 0.217. The van der Waals surface area contributed by atoms with Gasteiger partial charge in [-0.3, -0.25) is 9.59 Å². The molecule has 2 aromatic rings. The second kappa shape index (κ2) is 7.95. The summed E-state index contributed by atoms with van der Waals surface area (Å²) < 4.78 is 14.1. The van der Waals surface area contributed by atoms with Gasteiger partial charge in [0.25, 0.3) is 5.91 Å². The number of carbonyl (C=O) groups is 2. The minimum Gasteiger partial charge on any atom is -0.362 e. The molecule has 0 radical (unpaired) electrons. The number of benzene rings is 2. The van der Waals surface area contributed by atoms with E-state index in [-0.39, 0.29) is 17.5 Å². The summed E-state index contributed by atoms with van der Waals surface area (Å²) in [6.45, 7) is 1.85. The Balaban J connectivity index is 1.78. The van der Waals surface area contributed by atoms with Gasteiger partial charge < -0.3 is 10.6 Å². The molecule has 0 spiro atoms. The fourth-order valence-electron chi connectivity index (χ4n) is 4.04. The number of hydrogen-bond donors (Lipinski definition) is 2. The Morgan fingerprint density at radius 3 is 2.66 bits per heavy atom. The van der Waals surface area contributed by atoms with Gasteiger partial charge >= 0.3 is 0 Å². The smallest absolute Gasteiger partial charge is 0.254 e. The highest BCUT2D eigenvalue weighted by Gasteiger charge is 2.38. The number of ketones is 1. The molecule has 0 saturated heterocycles. The third-order valence-corrected chi connectivity index (χ3v) is 5.80. The molecule has 29 heavy (non-hydrogen) atoms. The van der Waals surface area contributed by atoms with Crippen LogP contribution < -0.4 is 10.6 Å². The summed E-state index contributed by atoms with van der Waals surface area (Å²) in [7, 11) is 0. The highest BCUT2D eigenvalue weighted by atomic mass is 79.9. The lowest BCUT2D eigenvalue weighted by molar-refractivity contribution is -0.116. The quantitative estimate of drug-likeness (QED) is 0.670. The molecule has 0 aromatic heterocycles. The Bertz CT molecular complexity index is 1060. The summed E-state index contributed by atoms with van der Waals surface area (Å²) in [4.78, 5) is 26.1. The molecule has 6 heteroatoms. The van der Waals surface area contributed by atoms with Crippen molar-refractivity contribution in [2.75, 3.05) is 5.32 Å². The van der Waals surface area contributed by atoms with Crippen LogP contribution in [0.4, 0.5) is 10.1 Å². The van der Waals surface area contributed by atoms with Crippen molar-refractivity contribution in [2.24, 2.45) is 0 Å². The number of anilines is 1. The summed E-state index contributed by atoms with van der Waals surface area (Å²) in [5, 5.41) is 6.14. The molecule has 2 aromatic carbocycles. The zero-order valence-corrected chi connectivity index (χ0v) is 17.5. The van der Waals surface area contributed by atoms with Crippen molar-refractivity contribution in [1.29, 1.82) is 0 Å². The molecule has 4 nitrogen and oxygen atoms in total. The van der Waals surface area contributed by atoms with Crippen LogP contribution in [0.3, 0.4) is 0 Å². The van der Waals surface area contributed by atoms with Crippen LogP contribution in [0, 0.1) is 5.82 Å². The SMILES string of the molecule is CC1=C(C(=O)Nc2ccc(F)cc2)C(c2cccc(Br)c2)C2=C(CCCC2=O)N1. The maximum Gasteiger partial charge on any atom is 0.254 e. The van der Waals surface area contributed by atoms with Gasteiger partial charge in [-0.1, -0.05) is 28.1 Å². The number of carbonyl (C=O) groups excluding carboxylic acids is 2. The normalized spacial score (nSPS) is 19.0. The zero-order chi connectivity index (χ0) is 20.5. The van der Waals surface area contributed by atoms with E-state index in [0.717, 1.165) is 34.3 Å². The number of allylic oxidation sites excluding steroid dienone is 3. The number of nitrogens with one attached hydrogen (secondary N) is 2. The lowest BCUT2D eigenvalue weighted by Gasteiger charge is -2.34. The van der Waals surface area contributed by atoms with Crippen molar-refractivity contribution < 1.29 is 14.0 Å². The van der Waals surface area contributed by atoms with Crippen LogP contribution in [0.1, 0.15) is 37.7 Å². The summed E-state index contributed by atoms with van der Waals surface area (Å²) in [5.74, 6) is -1.05. The lowest BCUT2D eigenvalue weighted by atomic mass is 9.75. The number of halogens is 2. The fourth-order valence-corrected chi connectivity index (χ4v) is 4.45. The Labute approximate surface area is 177 Å². The van der Waals surface area contributed by atoms with Gasteiger partial charge in [0.1, 0.15) is 5.82 Å². The van der Waals surface area contributed by atoms with Gasteiger partial charge in [-0.05, 0) is 61.7 Å². The van der Waals surface area contributed by atoms with Crippen molar-refractivity contribution in [2.45, 2.75) is 32.1 Å². The van der Waals surface area contributed by atoms with E-state index in [0.29, 0.717) is 23.3 Å². The van der Waals surface area contributed by atoms with Crippen LogP contribution in [0.2, 0.25) is 0 Å². The lowest BCUT2D eigenvalue weighted by Crippen LogP contribution is -2.35. The van der Waals surface area contributed by atoms with Crippen molar-refractivity contribution in [3.63, 3.8) is 0 Å². The molecule has 0 fully saturated rings. The molecule has 2 N–H and O–H groups in total. The van der Waals surface area contributed by atoms with E-state index in [1.54, 1.807) is 0 Å². The molecule has 1 atom stereocenters. The molecule has 1 aliphatic carbocycles. The maximum absolute atomic E-state index is 13.3. The number of amides is 1. The minimum atomic E-state index is -0.447. The van der Waals surface area contributed by atoms with Gasteiger partial charge in [0.05, 0.1) is 0 Å². The zero-order valence-electron chi connectivity index (χ0n) is 15.9. The van der Waals surface area contributed by atoms with Gasteiger partial charge in [0, 0.05) is 45.0 Å². The van der Waals surface area contributed by atoms with Gasteiger partial charge in [0.2, 0.25) is 0 Å². The first-order chi connectivity index (χ1) is 13.9. The Morgan fingerprint density at radius 2 is 1.93 bits per heavy atom. The summed E-state index contributed by atoms with van der Waals surface area (Å²) >= 11 is 3.50. The molecule has 2 aliphatic rings. The first-order valence-corrected chi connectivity index (χ1v) is 10.3. The first-order valence-electron chi connectivity index (χ1n) is 9.50. The van der Waals surface area contributed by atoms with Gasteiger partial charge in [-0.25, -0.2) is 4.39 Å². The van der Waals surface area contributed by atoms with E-state index < -0.39 is 5.92 Å². The monoisotopic (exact) mass is 454 g/mol. The standard InChI is InChI=1S/C23H20BrFN2O2/c1-13-20(23(29)27-17-10-8-16(25)9-11-17)21(14-4-2-5-15(24)12-14)22-18(26-13)6-3-7-19(22)28/h2,4-5,8-12,21,26H,3,6-7H2,1H3,(H,27,29). The topological polar surface area (TPSA) is 58.2 Å². The molecule has 1 aliphatic heterocycles. The summed E-state index contributed by atoms with van der Waals surface area (Å²) in [6, 6.07) is 13.3. The van der Waals surface area contributed by atoms with Gasteiger partial charge in [0.15, 0.2) is 5.78 Å². The van der Waals surface area contributed by atoms with Crippen LogP contribution >= 0.6 is 15.9 Å². The predicted molar refractivity (Wildman–Crippen MR) is 114 cm³/mol. The highest BCUT2D eigenvalue weighted by Crippen LogP contribution is 2.42. The molecule has 4 rings (SSSR count). The highest BCUT2D eigenvalue weighted by molar-refractivity contribution is 9.10. The van der Waals surface area contributed by atoms with Gasteiger partial charge in [-0.2, -0.15) is 0 Å². The average molecular weight is 455 g/mol. The number of dihydropyridines is 1. The Kier molecular flexibility index (Phi) is 5.37. The molecule has 148 valence electrons. The van der Waals surface area contributed by atoms with E-state index in [1.165, 1.54) is 24.3 Å². The molecular formula is C23H20BrFN2O2. The molecular weight excluding hydrogens is 435 g/mol. The number of Topliss-reactive ketones (excluding diaryl/α,β-unsaturated/α-hetero) is 1. The largest absolute Gasteiger partial charge is 0.362 e. The van der Waals surface area contributed by atoms with Crippen LogP contribution in [0.15, 0.2) is 75.5 Å². The average Bonchev–Trinajstić information content (AvgIpc) is 2.69. The van der Waals surface area contributed by atoms with Crippen molar-refractivity contribution in [1.82, 2.24) is 5.32 Å². The maximum atomic E-state index is 13.3. The first kappa shape index (κ1) is 19.6. The number of hydrogen-bond acceptors (Lipinski definition) is 3. The second-order valence-corrected chi connectivity index (χ2v) is 8.20. The van der Waals surface area contributed by atoms with Crippen molar-refractivity contribution in [3.05, 3.63) is 86.9 Å². The molecule has 1 heterocycles. The third-order valence-electron chi connectivity index (χ3n) is 5.30. The van der Waals surface area contributed by atoms with Crippen LogP contribution in [-0.2, 0) is 9.59 Å². The summed E-state index contributed by atoms with van der Waals surface area (Å²) in [5.41, 5.74) is 4.18. The van der Waals surface area contributed by atoms with Crippen LogP contribution in [0.5, 0.6) is 0 Å². The summed E-state index contributed by atoms with van der Waals surface area (Å²) in [6.07, 6.45) is 2.08. The molecule has 0 bridgehead atoms. The molecule has 1 unspecified atom stereocenters. The minimum absolute atomic E-state index is 0.0725. The van der Waals surface area contributed by atoms with Gasteiger partial charge in [-0.15, -0.1) is 0 Å². The van der Waals surface area contributed by atoms with Crippen LogP contribution in [0.25, 0.3) is 0 Å². The van der Waals surface area contributed by atoms with E-state index >= 15 is 0 Å². The van der Waals surface area contributed by atoms with E-state index in [9.17, 15) is 14.0 Å². The van der Waals surface area contributed by atoms with Crippen LogP contribution in [-0.4, -0.2) is 11.7 Å². The predicted octanol–water partition coefficient (Wildman–Crippen LogP) is 5.19. The van der Waals surface area contributed by atoms with E-state index in [1.807, 2.05) is 31.2 Å². The van der Waals surface area contributed by atoms with E-state index in [2.05, 4.69) is 26.6 Å². The Hall–Kier alpha value is -2.73. The van der Waals surface area contributed by atoms with Crippen molar-refractivity contribution >= 4 is 33.3 Å². The molecule has 1 amide bonds. The Morgan fingerprint density at radius 1 is 1.17 bits per heavy atom.